The van der Waals surface area contributed by atoms with E-state index in [0.717, 1.165) is 12.0 Å². The summed E-state index contributed by atoms with van der Waals surface area (Å²) in [5.41, 5.74) is 6.53. The fourth-order valence-electron chi connectivity index (χ4n) is 1.97. The highest BCUT2D eigenvalue weighted by Gasteiger charge is 2.30. The van der Waals surface area contributed by atoms with E-state index in [1.165, 1.54) is 0 Å². The molecule has 2 rings (SSSR count). The largest absolute Gasteiger partial charge is 0.508 e. The van der Waals surface area contributed by atoms with E-state index in [1.807, 2.05) is 26.0 Å². The molecule has 21 heavy (non-hydrogen) atoms. The summed E-state index contributed by atoms with van der Waals surface area (Å²) in [6.45, 7) is 3.91. The molecule has 3 N–H and O–H groups in total. The van der Waals surface area contributed by atoms with Gasteiger partial charge in [-0.05, 0) is 37.5 Å². The molecule has 0 saturated carbocycles. The molecule has 2 atom stereocenters. The first-order valence-corrected chi connectivity index (χ1v) is 6.91. The van der Waals surface area contributed by atoms with Crippen LogP contribution in [0.15, 0.2) is 28.8 Å². The van der Waals surface area contributed by atoms with Crippen molar-refractivity contribution in [3.05, 3.63) is 41.5 Å². The molecule has 0 aliphatic rings. The number of rotatable bonds is 6. The first kappa shape index (κ1) is 15.5. The van der Waals surface area contributed by atoms with Crippen LogP contribution in [0.3, 0.4) is 0 Å². The molecule has 1 aromatic heterocycles. The molecule has 0 saturated heterocycles. The van der Waals surface area contributed by atoms with Gasteiger partial charge in [0.05, 0.1) is 6.04 Å². The normalized spacial score (nSPS) is 15.6. The highest BCUT2D eigenvalue weighted by atomic mass is 16.5. The third kappa shape index (κ3) is 3.40. The molecule has 0 bridgehead atoms. The quantitative estimate of drug-likeness (QED) is 0.848. The summed E-state index contributed by atoms with van der Waals surface area (Å²) in [6, 6.07) is 6.49. The van der Waals surface area contributed by atoms with E-state index >= 15 is 0 Å². The topological polar surface area (TPSA) is 94.4 Å². The van der Waals surface area contributed by atoms with Gasteiger partial charge in [0, 0.05) is 7.11 Å². The Morgan fingerprint density at radius 2 is 2.05 bits per heavy atom. The second-order valence-corrected chi connectivity index (χ2v) is 5.22. The number of hydrogen-bond acceptors (Lipinski definition) is 6. The lowest BCUT2D eigenvalue weighted by atomic mass is 10.0. The molecule has 1 unspecified atom stereocenters. The van der Waals surface area contributed by atoms with Crippen LogP contribution in [0, 0.1) is 0 Å². The first-order valence-electron chi connectivity index (χ1n) is 6.91. The van der Waals surface area contributed by atoms with E-state index in [9.17, 15) is 5.11 Å². The van der Waals surface area contributed by atoms with Crippen molar-refractivity contribution in [2.45, 2.75) is 38.3 Å². The van der Waals surface area contributed by atoms with Gasteiger partial charge < -0.3 is 20.1 Å². The van der Waals surface area contributed by atoms with E-state index in [0.29, 0.717) is 18.1 Å². The second-order valence-electron chi connectivity index (χ2n) is 5.22. The van der Waals surface area contributed by atoms with Crippen LogP contribution < -0.4 is 5.73 Å². The molecule has 0 spiro atoms. The Hall–Kier alpha value is -1.92. The number of phenolic OH excluding ortho intramolecular Hbond substituents is 1. The predicted molar refractivity (Wildman–Crippen MR) is 77.7 cm³/mol. The summed E-state index contributed by atoms with van der Waals surface area (Å²) in [7, 11) is 1.62. The van der Waals surface area contributed by atoms with Crippen LogP contribution in [0.1, 0.15) is 43.6 Å². The van der Waals surface area contributed by atoms with Gasteiger partial charge in [-0.3, -0.25) is 0 Å². The molecule has 0 aliphatic carbocycles. The molecule has 6 nitrogen and oxygen atoms in total. The SMILES string of the molecule is CCC(C)(OC)c1noc([C@H](N)Cc2ccc(O)cc2)n1. The Morgan fingerprint density at radius 3 is 2.62 bits per heavy atom. The molecular weight excluding hydrogens is 270 g/mol. The van der Waals surface area contributed by atoms with Gasteiger partial charge >= 0.3 is 0 Å². The van der Waals surface area contributed by atoms with Gasteiger partial charge in [0.15, 0.2) is 0 Å². The van der Waals surface area contributed by atoms with Gasteiger partial charge in [-0.1, -0.05) is 24.2 Å². The monoisotopic (exact) mass is 291 g/mol. The lowest BCUT2D eigenvalue weighted by Crippen LogP contribution is -2.25. The van der Waals surface area contributed by atoms with Crippen LogP contribution in [-0.2, 0) is 16.8 Å². The maximum absolute atomic E-state index is 9.27. The average Bonchev–Trinajstić information content (AvgIpc) is 2.99. The second kappa shape index (κ2) is 6.24. The minimum absolute atomic E-state index is 0.228. The molecule has 2 aromatic rings. The lowest BCUT2D eigenvalue weighted by Gasteiger charge is -2.21. The first-order chi connectivity index (χ1) is 9.98. The number of nitrogens with two attached hydrogens (primary N) is 1. The van der Waals surface area contributed by atoms with Crippen LogP contribution in [0.25, 0.3) is 0 Å². The smallest absolute Gasteiger partial charge is 0.244 e. The minimum Gasteiger partial charge on any atom is -0.508 e. The van der Waals surface area contributed by atoms with Gasteiger partial charge in [-0.15, -0.1) is 0 Å². The number of methoxy groups -OCH3 is 1. The molecule has 0 amide bonds. The van der Waals surface area contributed by atoms with E-state index < -0.39 is 11.6 Å². The number of phenols is 1. The number of aromatic hydroxyl groups is 1. The maximum Gasteiger partial charge on any atom is 0.244 e. The van der Waals surface area contributed by atoms with Gasteiger partial charge in [-0.25, -0.2) is 0 Å². The molecule has 0 fully saturated rings. The summed E-state index contributed by atoms with van der Waals surface area (Å²) in [5, 5.41) is 13.2. The fourth-order valence-corrected chi connectivity index (χ4v) is 1.97. The van der Waals surface area contributed by atoms with Crippen LogP contribution >= 0.6 is 0 Å². The average molecular weight is 291 g/mol. The zero-order valence-corrected chi connectivity index (χ0v) is 12.5. The Labute approximate surface area is 123 Å². The van der Waals surface area contributed by atoms with Crippen LogP contribution in [0.4, 0.5) is 0 Å². The van der Waals surface area contributed by atoms with E-state index in [-0.39, 0.29) is 5.75 Å². The van der Waals surface area contributed by atoms with Gasteiger partial charge in [-0.2, -0.15) is 4.98 Å². The van der Waals surface area contributed by atoms with Crippen molar-refractivity contribution in [1.82, 2.24) is 10.1 Å². The van der Waals surface area contributed by atoms with Crippen molar-refractivity contribution in [1.29, 1.82) is 0 Å². The highest BCUT2D eigenvalue weighted by Crippen LogP contribution is 2.26. The highest BCUT2D eigenvalue weighted by molar-refractivity contribution is 5.26. The Balaban J connectivity index is 2.12. The number of benzene rings is 1. The third-order valence-electron chi connectivity index (χ3n) is 3.75. The van der Waals surface area contributed by atoms with E-state index in [1.54, 1.807) is 19.2 Å². The Kier molecular flexibility index (Phi) is 4.59. The number of aromatic nitrogens is 2. The van der Waals surface area contributed by atoms with Gasteiger partial charge in [0.2, 0.25) is 11.7 Å². The Bertz CT molecular complexity index is 576. The predicted octanol–water partition coefficient (Wildman–Crippen LogP) is 2.29. The summed E-state index contributed by atoms with van der Waals surface area (Å²) >= 11 is 0. The molecule has 1 aromatic carbocycles. The van der Waals surface area contributed by atoms with Crippen LogP contribution in [0.2, 0.25) is 0 Å². The molecule has 1 heterocycles. The maximum atomic E-state index is 9.27. The van der Waals surface area contributed by atoms with Gasteiger partial charge in [0.1, 0.15) is 11.4 Å². The molecular formula is C15H21N3O3. The van der Waals surface area contributed by atoms with Gasteiger partial charge in [0.25, 0.3) is 0 Å². The van der Waals surface area contributed by atoms with E-state index in [2.05, 4.69) is 10.1 Å². The van der Waals surface area contributed by atoms with Crippen LogP contribution in [-0.4, -0.2) is 22.4 Å². The molecule has 114 valence electrons. The number of hydrogen-bond donors (Lipinski definition) is 2. The Morgan fingerprint density at radius 1 is 1.38 bits per heavy atom. The van der Waals surface area contributed by atoms with Crippen molar-refractivity contribution in [2.75, 3.05) is 7.11 Å². The molecule has 0 aliphatic heterocycles. The number of ether oxygens (including phenoxy) is 1. The summed E-state index contributed by atoms with van der Waals surface area (Å²) in [6.07, 6.45) is 1.29. The van der Waals surface area contributed by atoms with Crippen molar-refractivity contribution in [2.24, 2.45) is 5.73 Å². The molecule has 0 radical (unpaired) electrons. The number of nitrogens with zero attached hydrogens (tertiary/aromatic N) is 2. The zero-order chi connectivity index (χ0) is 15.5. The lowest BCUT2D eigenvalue weighted by molar-refractivity contribution is -0.0106. The van der Waals surface area contributed by atoms with Crippen molar-refractivity contribution in [3.63, 3.8) is 0 Å². The fraction of sp³-hybridized carbons (Fsp3) is 0.467. The summed E-state index contributed by atoms with van der Waals surface area (Å²) in [5.74, 6) is 1.12. The zero-order valence-electron chi connectivity index (χ0n) is 12.5. The van der Waals surface area contributed by atoms with E-state index in [4.69, 9.17) is 15.0 Å². The van der Waals surface area contributed by atoms with Crippen molar-refractivity contribution >= 4 is 0 Å². The molecule has 6 heteroatoms. The summed E-state index contributed by atoms with van der Waals surface area (Å²) < 4.78 is 10.7. The third-order valence-corrected chi connectivity index (χ3v) is 3.75. The van der Waals surface area contributed by atoms with Crippen LogP contribution in [0.5, 0.6) is 5.75 Å². The van der Waals surface area contributed by atoms with Crippen molar-refractivity contribution < 1.29 is 14.4 Å². The van der Waals surface area contributed by atoms with Crippen molar-refractivity contribution in [3.8, 4) is 5.75 Å². The summed E-state index contributed by atoms with van der Waals surface area (Å²) in [4.78, 5) is 4.36. The minimum atomic E-state index is -0.569. The standard InChI is InChI=1S/C15H21N3O3/c1-4-15(2,20-3)14-17-13(21-18-14)12(16)9-10-5-7-11(19)8-6-10/h5-8,12,19H,4,9,16H2,1-3H3/t12-,15?/m1/s1.